The Morgan fingerprint density at radius 3 is 2.47 bits per heavy atom. The predicted molar refractivity (Wildman–Crippen MR) is 78.1 cm³/mol. The number of piperazine rings is 1. The van der Waals surface area contributed by atoms with Gasteiger partial charge < -0.3 is 9.64 Å². The summed E-state index contributed by atoms with van der Waals surface area (Å²) < 4.78 is 7.37. The molecular weight excluding hydrogens is 240 g/mol. The predicted octanol–water partition coefficient (Wildman–Crippen LogP) is 0.452. The topological polar surface area (TPSA) is 53.5 Å². The number of nitrogens with two attached hydrogens (primary N) is 1. The first-order valence-electron chi connectivity index (χ1n) is 6.75. The van der Waals surface area contributed by atoms with Gasteiger partial charge in [0.1, 0.15) is 5.75 Å². The number of methoxy groups -OCH3 is 1. The maximum Gasteiger partial charge on any atom is 0.343 e. The Kier molecular flexibility index (Phi) is 4.49. The number of anilines is 1. The van der Waals surface area contributed by atoms with E-state index in [9.17, 15) is 0 Å². The Bertz CT molecular complexity index is 431. The molecule has 1 aliphatic heterocycles. The molecule has 5 nitrogen and oxygen atoms in total. The van der Waals surface area contributed by atoms with Crippen LogP contribution in [0.2, 0.25) is 0 Å². The molecule has 0 spiro atoms. The Balaban J connectivity index is 1.97. The van der Waals surface area contributed by atoms with Gasteiger partial charge in [0.05, 0.1) is 26.7 Å². The molecule has 0 unspecified atom stereocenters. The molecular formula is C14H23N4O+. The van der Waals surface area contributed by atoms with Crippen LogP contribution >= 0.6 is 0 Å². The van der Waals surface area contributed by atoms with Crippen LogP contribution in [0.4, 0.5) is 5.69 Å². The van der Waals surface area contributed by atoms with Crippen molar-refractivity contribution in [3.8, 4) is 5.75 Å². The number of benzene rings is 1. The van der Waals surface area contributed by atoms with Gasteiger partial charge in [0.25, 0.3) is 0 Å². The van der Waals surface area contributed by atoms with Gasteiger partial charge in [-0.05, 0) is 31.2 Å². The van der Waals surface area contributed by atoms with Crippen LogP contribution in [-0.4, -0.2) is 50.4 Å². The minimum atomic E-state index is 0.789. The molecule has 0 atom stereocenters. The average molecular weight is 263 g/mol. The minimum Gasteiger partial charge on any atom is -0.497 e. The van der Waals surface area contributed by atoms with Gasteiger partial charge >= 0.3 is 5.96 Å². The Hall–Kier alpha value is -1.91. The maximum absolute atomic E-state index is 5.98. The van der Waals surface area contributed by atoms with E-state index >= 15 is 0 Å². The monoisotopic (exact) mass is 263 g/mol. The first kappa shape index (κ1) is 13.5. The van der Waals surface area contributed by atoms with Crippen LogP contribution < -0.4 is 20.7 Å². The van der Waals surface area contributed by atoms with E-state index < -0.39 is 0 Å². The smallest absolute Gasteiger partial charge is 0.343 e. The lowest BCUT2D eigenvalue weighted by Crippen LogP contribution is -2.49. The summed E-state index contributed by atoms with van der Waals surface area (Å²) in [5, 5.41) is 3.17. The standard InChI is InChI=1S/C14H22N4O/c1-3-16-14(15)18-10-8-17(9-11-18)12-4-6-13(19-2)7-5-12/h4-7H,3,8-11H2,1-2H3,(H2,15,16)/p+1. The van der Waals surface area contributed by atoms with Gasteiger partial charge in [-0.2, -0.15) is 0 Å². The second-order valence-corrected chi connectivity index (χ2v) is 4.59. The Morgan fingerprint density at radius 1 is 1.32 bits per heavy atom. The third-order valence-corrected chi connectivity index (χ3v) is 3.42. The lowest BCUT2D eigenvalue weighted by atomic mass is 10.2. The maximum atomic E-state index is 5.98. The molecule has 0 bridgehead atoms. The number of nitrogens with zero attached hydrogens (tertiary/aromatic N) is 2. The SMILES string of the molecule is CCNC(N)=[N+]1CCN(c2ccc(OC)cc2)CC1. The first-order chi connectivity index (χ1) is 9.24. The van der Waals surface area contributed by atoms with Gasteiger partial charge in [-0.3, -0.25) is 15.6 Å². The van der Waals surface area contributed by atoms with Crippen LogP contribution in [0.5, 0.6) is 5.75 Å². The van der Waals surface area contributed by atoms with E-state index in [0.717, 1.165) is 44.4 Å². The van der Waals surface area contributed by atoms with Crippen molar-refractivity contribution in [1.82, 2.24) is 5.32 Å². The zero-order valence-corrected chi connectivity index (χ0v) is 11.7. The van der Waals surface area contributed by atoms with Crippen molar-refractivity contribution >= 4 is 11.6 Å². The molecule has 2 rings (SSSR count). The van der Waals surface area contributed by atoms with E-state index in [0.29, 0.717) is 0 Å². The fourth-order valence-electron chi connectivity index (χ4n) is 2.29. The molecule has 1 aromatic rings. The quantitative estimate of drug-likeness (QED) is 0.614. The molecule has 1 heterocycles. The number of hydrogen-bond acceptors (Lipinski definition) is 2. The molecule has 0 aromatic heterocycles. The van der Waals surface area contributed by atoms with Crippen molar-refractivity contribution < 1.29 is 9.31 Å². The zero-order chi connectivity index (χ0) is 13.7. The van der Waals surface area contributed by atoms with Crippen molar-refractivity contribution in [1.29, 1.82) is 0 Å². The molecule has 0 amide bonds. The molecule has 0 aliphatic carbocycles. The van der Waals surface area contributed by atoms with E-state index in [4.69, 9.17) is 10.5 Å². The first-order valence-corrected chi connectivity index (χ1v) is 6.75. The highest BCUT2D eigenvalue weighted by molar-refractivity contribution is 5.72. The molecule has 3 N–H and O–H groups in total. The molecule has 1 aliphatic rings. The number of rotatable bonds is 3. The van der Waals surface area contributed by atoms with Crippen LogP contribution in [0.15, 0.2) is 24.3 Å². The number of nitrogens with one attached hydrogen (secondary N) is 1. The van der Waals surface area contributed by atoms with Crippen molar-refractivity contribution in [3.05, 3.63) is 24.3 Å². The molecule has 1 aromatic carbocycles. The van der Waals surface area contributed by atoms with Gasteiger partial charge in [0.2, 0.25) is 0 Å². The molecule has 5 heteroatoms. The van der Waals surface area contributed by atoms with Crippen LogP contribution in [0.25, 0.3) is 0 Å². The summed E-state index contributed by atoms with van der Waals surface area (Å²) in [6.07, 6.45) is 0. The molecule has 19 heavy (non-hydrogen) atoms. The minimum absolute atomic E-state index is 0.789. The normalized spacial score (nSPS) is 15.3. The third-order valence-electron chi connectivity index (χ3n) is 3.42. The summed E-state index contributed by atoms with van der Waals surface area (Å²) in [6.45, 7) is 6.79. The van der Waals surface area contributed by atoms with E-state index in [1.165, 1.54) is 5.69 Å². The number of guanidine groups is 1. The lowest BCUT2D eigenvalue weighted by molar-refractivity contribution is -0.532. The highest BCUT2D eigenvalue weighted by Crippen LogP contribution is 2.19. The summed E-state index contributed by atoms with van der Waals surface area (Å²) in [5.41, 5.74) is 7.22. The van der Waals surface area contributed by atoms with Crippen LogP contribution in [0.3, 0.4) is 0 Å². The third kappa shape index (κ3) is 3.30. The van der Waals surface area contributed by atoms with E-state index in [2.05, 4.69) is 33.8 Å². The lowest BCUT2D eigenvalue weighted by Gasteiger charge is -2.30. The fourth-order valence-corrected chi connectivity index (χ4v) is 2.29. The average Bonchev–Trinajstić information content (AvgIpc) is 2.48. The fraction of sp³-hybridized carbons (Fsp3) is 0.500. The summed E-state index contributed by atoms with van der Waals surface area (Å²) in [4.78, 5) is 2.37. The summed E-state index contributed by atoms with van der Waals surface area (Å²) >= 11 is 0. The highest BCUT2D eigenvalue weighted by atomic mass is 16.5. The molecule has 0 radical (unpaired) electrons. The second-order valence-electron chi connectivity index (χ2n) is 4.59. The van der Waals surface area contributed by atoms with Crippen molar-refractivity contribution in [2.24, 2.45) is 5.73 Å². The highest BCUT2D eigenvalue weighted by Gasteiger charge is 2.18. The summed E-state index contributed by atoms with van der Waals surface area (Å²) in [6, 6.07) is 8.21. The number of ether oxygens (including phenoxy) is 1. The van der Waals surface area contributed by atoms with Gasteiger partial charge in [0, 0.05) is 18.8 Å². The molecule has 1 fully saturated rings. The van der Waals surface area contributed by atoms with Gasteiger partial charge in [0.15, 0.2) is 0 Å². The van der Waals surface area contributed by atoms with Gasteiger partial charge in [-0.15, -0.1) is 0 Å². The van der Waals surface area contributed by atoms with Crippen molar-refractivity contribution in [2.45, 2.75) is 6.92 Å². The Morgan fingerprint density at radius 2 is 1.95 bits per heavy atom. The van der Waals surface area contributed by atoms with Crippen LogP contribution in [0, 0.1) is 0 Å². The number of hydrogen-bond donors (Lipinski definition) is 2. The van der Waals surface area contributed by atoms with Crippen molar-refractivity contribution in [2.75, 3.05) is 44.7 Å². The molecule has 104 valence electrons. The summed E-state index contributed by atoms with van der Waals surface area (Å²) in [5.74, 6) is 1.68. The van der Waals surface area contributed by atoms with E-state index in [1.54, 1.807) is 7.11 Å². The van der Waals surface area contributed by atoms with Gasteiger partial charge in [-0.1, -0.05) is 0 Å². The zero-order valence-electron chi connectivity index (χ0n) is 11.7. The molecule has 0 saturated carbocycles. The molecule has 1 saturated heterocycles. The second kappa shape index (κ2) is 6.31. The van der Waals surface area contributed by atoms with Crippen molar-refractivity contribution in [3.63, 3.8) is 0 Å². The Labute approximate surface area is 114 Å². The largest absolute Gasteiger partial charge is 0.497 e. The van der Waals surface area contributed by atoms with E-state index in [1.807, 2.05) is 12.1 Å². The van der Waals surface area contributed by atoms with Crippen LogP contribution in [-0.2, 0) is 0 Å². The van der Waals surface area contributed by atoms with Gasteiger partial charge in [-0.25, -0.2) is 0 Å². The van der Waals surface area contributed by atoms with E-state index in [-0.39, 0.29) is 0 Å². The summed E-state index contributed by atoms with van der Waals surface area (Å²) in [7, 11) is 1.69. The van der Waals surface area contributed by atoms with Crippen LogP contribution in [0.1, 0.15) is 6.92 Å².